The molecule has 2 aliphatic heterocycles. The van der Waals surface area contributed by atoms with Crippen LogP contribution in [0.25, 0.3) is 0 Å². The van der Waals surface area contributed by atoms with Crippen LogP contribution in [0, 0.1) is 0 Å². The predicted molar refractivity (Wildman–Crippen MR) is 93.8 cm³/mol. The molecule has 0 unspecified atom stereocenters. The molecular formula is C14H25Cl2N5O2. The van der Waals surface area contributed by atoms with Gasteiger partial charge in [-0.15, -0.1) is 24.8 Å². The molecule has 0 bridgehead atoms. The number of aryl methyl sites for hydroxylation is 1. The quantitative estimate of drug-likeness (QED) is 0.768. The molecule has 3 heterocycles. The second-order valence-corrected chi connectivity index (χ2v) is 5.59. The van der Waals surface area contributed by atoms with Gasteiger partial charge < -0.3 is 19.1 Å². The van der Waals surface area contributed by atoms with Gasteiger partial charge in [-0.1, -0.05) is 0 Å². The van der Waals surface area contributed by atoms with Gasteiger partial charge in [0.2, 0.25) is 11.9 Å². The first kappa shape index (κ1) is 20.0. The Morgan fingerprint density at radius 3 is 2.35 bits per heavy atom. The fraction of sp³-hybridized carbons (Fsp3) is 0.714. The van der Waals surface area contributed by atoms with Gasteiger partial charge in [-0.25, -0.2) is 4.98 Å². The van der Waals surface area contributed by atoms with Crippen LogP contribution in [0.5, 0.6) is 0 Å². The first-order valence-electron chi connectivity index (χ1n) is 7.54. The molecule has 1 amide bonds. The first-order valence-corrected chi connectivity index (χ1v) is 7.54. The highest BCUT2D eigenvalue weighted by Crippen LogP contribution is 2.13. The van der Waals surface area contributed by atoms with Crippen LogP contribution in [0.1, 0.15) is 0 Å². The number of carbonyl (C=O) groups excluding carboxylic acids is 1. The molecule has 7 nitrogen and oxygen atoms in total. The molecule has 9 heteroatoms. The summed E-state index contributed by atoms with van der Waals surface area (Å²) in [5, 5.41) is 0. The highest BCUT2D eigenvalue weighted by Gasteiger charge is 2.24. The van der Waals surface area contributed by atoms with Gasteiger partial charge >= 0.3 is 0 Å². The highest BCUT2D eigenvalue weighted by molar-refractivity contribution is 5.85. The Bertz CT molecular complexity index is 485. The molecule has 132 valence electrons. The molecule has 2 fully saturated rings. The number of nitrogens with zero attached hydrogens (tertiary/aromatic N) is 5. The van der Waals surface area contributed by atoms with E-state index in [-0.39, 0.29) is 30.7 Å². The Kier molecular flexibility index (Phi) is 8.11. The largest absolute Gasteiger partial charge is 0.378 e. The van der Waals surface area contributed by atoms with Crippen molar-refractivity contribution in [1.82, 2.24) is 19.4 Å². The SMILES string of the molecule is Cl.Cl.Cn1ccnc1N1CCN(CC(=O)N2CCOCC2)CC1. The van der Waals surface area contributed by atoms with Gasteiger partial charge in [0.05, 0.1) is 19.8 Å². The highest BCUT2D eigenvalue weighted by atomic mass is 35.5. The lowest BCUT2D eigenvalue weighted by atomic mass is 10.3. The summed E-state index contributed by atoms with van der Waals surface area (Å²) in [5.41, 5.74) is 0. The van der Waals surface area contributed by atoms with Gasteiger partial charge in [-0.3, -0.25) is 9.69 Å². The second-order valence-electron chi connectivity index (χ2n) is 5.59. The van der Waals surface area contributed by atoms with Gasteiger partial charge in [-0.2, -0.15) is 0 Å². The molecule has 1 aromatic rings. The van der Waals surface area contributed by atoms with E-state index in [0.717, 1.165) is 45.2 Å². The summed E-state index contributed by atoms with van der Waals surface area (Å²) in [4.78, 5) is 23.0. The Hall–Kier alpha value is -1.02. The lowest BCUT2D eigenvalue weighted by Crippen LogP contribution is -2.52. The molecule has 0 saturated carbocycles. The second kappa shape index (κ2) is 9.32. The molecule has 23 heavy (non-hydrogen) atoms. The van der Waals surface area contributed by atoms with E-state index in [4.69, 9.17) is 4.74 Å². The van der Waals surface area contributed by atoms with Crippen LogP contribution in [-0.2, 0) is 16.6 Å². The third kappa shape index (κ3) is 4.97. The normalized spacial score (nSPS) is 19.0. The van der Waals surface area contributed by atoms with Gasteiger partial charge in [0.25, 0.3) is 0 Å². The maximum absolute atomic E-state index is 12.2. The van der Waals surface area contributed by atoms with Crippen LogP contribution in [-0.4, -0.2) is 84.3 Å². The molecule has 0 N–H and O–H groups in total. The van der Waals surface area contributed by atoms with Gasteiger partial charge in [0.1, 0.15) is 0 Å². The molecule has 0 spiro atoms. The van der Waals surface area contributed by atoms with Crippen molar-refractivity contribution < 1.29 is 9.53 Å². The Morgan fingerprint density at radius 2 is 1.78 bits per heavy atom. The Balaban J connectivity index is 0.00000132. The number of piperazine rings is 1. The lowest BCUT2D eigenvalue weighted by Gasteiger charge is -2.36. The molecule has 2 aliphatic rings. The summed E-state index contributed by atoms with van der Waals surface area (Å²) < 4.78 is 7.32. The van der Waals surface area contributed by atoms with E-state index in [0.29, 0.717) is 19.8 Å². The van der Waals surface area contributed by atoms with E-state index in [2.05, 4.69) is 14.8 Å². The molecule has 0 aromatic carbocycles. The average molecular weight is 366 g/mol. The molecular weight excluding hydrogens is 341 g/mol. The molecule has 0 atom stereocenters. The van der Waals surface area contributed by atoms with Crippen molar-refractivity contribution in [1.29, 1.82) is 0 Å². The van der Waals surface area contributed by atoms with E-state index in [1.54, 1.807) is 0 Å². The van der Waals surface area contributed by atoms with Crippen molar-refractivity contribution in [3.05, 3.63) is 12.4 Å². The minimum absolute atomic E-state index is 0. The van der Waals surface area contributed by atoms with Gasteiger partial charge in [0, 0.05) is 58.7 Å². The van der Waals surface area contributed by atoms with E-state index >= 15 is 0 Å². The zero-order valence-electron chi connectivity index (χ0n) is 13.4. The first-order chi connectivity index (χ1) is 10.2. The van der Waals surface area contributed by atoms with Crippen LogP contribution >= 0.6 is 24.8 Å². The fourth-order valence-corrected chi connectivity index (χ4v) is 2.87. The average Bonchev–Trinajstić information content (AvgIpc) is 2.95. The third-order valence-electron chi connectivity index (χ3n) is 4.17. The number of imidazole rings is 1. The number of morpholine rings is 1. The Labute approximate surface area is 149 Å². The number of anilines is 1. The number of hydrogen-bond acceptors (Lipinski definition) is 5. The lowest BCUT2D eigenvalue weighted by molar-refractivity contribution is -0.136. The molecule has 3 rings (SSSR count). The van der Waals surface area contributed by atoms with Crippen molar-refractivity contribution in [3.63, 3.8) is 0 Å². The van der Waals surface area contributed by atoms with Gasteiger partial charge in [0.15, 0.2) is 0 Å². The smallest absolute Gasteiger partial charge is 0.236 e. The summed E-state index contributed by atoms with van der Waals surface area (Å²) in [6.45, 7) is 6.96. The molecule has 0 aliphatic carbocycles. The zero-order chi connectivity index (χ0) is 14.7. The number of hydrogen-bond donors (Lipinski definition) is 0. The number of aromatic nitrogens is 2. The zero-order valence-corrected chi connectivity index (χ0v) is 15.0. The monoisotopic (exact) mass is 365 g/mol. The summed E-state index contributed by atoms with van der Waals surface area (Å²) >= 11 is 0. The van der Waals surface area contributed by atoms with Crippen molar-refractivity contribution in [2.75, 3.05) is 63.9 Å². The number of rotatable bonds is 3. The number of amides is 1. The third-order valence-corrected chi connectivity index (χ3v) is 4.17. The predicted octanol–water partition coefficient (Wildman–Crippen LogP) is 0.244. The van der Waals surface area contributed by atoms with Gasteiger partial charge in [-0.05, 0) is 0 Å². The van der Waals surface area contributed by atoms with Crippen molar-refractivity contribution in [2.45, 2.75) is 0 Å². The minimum atomic E-state index is 0. The van der Waals surface area contributed by atoms with E-state index in [1.807, 2.05) is 28.9 Å². The van der Waals surface area contributed by atoms with Crippen molar-refractivity contribution in [3.8, 4) is 0 Å². The maximum Gasteiger partial charge on any atom is 0.236 e. The number of carbonyl (C=O) groups is 1. The molecule has 0 radical (unpaired) electrons. The molecule has 1 aromatic heterocycles. The topological polar surface area (TPSA) is 53.8 Å². The maximum atomic E-state index is 12.2. The number of ether oxygens (including phenoxy) is 1. The van der Waals surface area contributed by atoms with Crippen LogP contribution in [0.3, 0.4) is 0 Å². The molecule has 2 saturated heterocycles. The van der Waals surface area contributed by atoms with Crippen LogP contribution < -0.4 is 4.90 Å². The minimum Gasteiger partial charge on any atom is -0.378 e. The summed E-state index contributed by atoms with van der Waals surface area (Å²) in [6, 6.07) is 0. The van der Waals surface area contributed by atoms with Crippen molar-refractivity contribution in [2.24, 2.45) is 7.05 Å². The van der Waals surface area contributed by atoms with E-state index < -0.39 is 0 Å². The number of halogens is 2. The van der Waals surface area contributed by atoms with E-state index in [1.165, 1.54) is 0 Å². The van der Waals surface area contributed by atoms with E-state index in [9.17, 15) is 4.79 Å². The Morgan fingerprint density at radius 1 is 1.13 bits per heavy atom. The summed E-state index contributed by atoms with van der Waals surface area (Å²) in [5.74, 6) is 1.23. The fourth-order valence-electron chi connectivity index (χ4n) is 2.87. The summed E-state index contributed by atoms with van der Waals surface area (Å²) in [7, 11) is 2.01. The standard InChI is InChI=1S/C14H23N5O2.2ClH/c1-16-3-2-15-14(16)19-6-4-17(5-7-19)12-13(20)18-8-10-21-11-9-18;;/h2-3H,4-12H2,1H3;2*1H. The van der Waals surface area contributed by atoms with Crippen LogP contribution in [0.4, 0.5) is 5.95 Å². The van der Waals surface area contributed by atoms with Crippen LogP contribution in [0.15, 0.2) is 12.4 Å². The summed E-state index contributed by atoms with van der Waals surface area (Å²) in [6.07, 6.45) is 3.79. The van der Waals surface area contributed by atoms with Crippen LogP contribution in [0.2, 0.25) is 0 Å². The van der Waals surface area contributed by atoms with Crippen molar-refractivity contribution >= 4 is 36.7 Å².